The predicted octanol–water partition coefficient (Wildman–Crippen LogP) is 1.02. The third kappa shape index (κ3) is 0.389. The van der Waals surface area contributed by atoms with Gasteiger partial charge in [0.25, 0.3) is 0 Å². The lowest BCUT2D eigenvalue weighted by Gasteiger charge is -2.34. The van der Waals surface area contributed by atoms with Crippen LogP contribution in [0.3, 0.4) is 0 Å². The van der Waals surface area contributed by atoms with E-state index in [0.717, 1.165) is 23.7 Å². The van der Waals surface area contributed by atoms with E-state index in [1.165, 1.54) is 19.3 Å². The number of hydrogen-bond acceptors (Lipinski definition) is 1. The van der Waals surface area contributed by atoms with Crippen LogP contribution in [0.4, 0.5) is 0 Å². The molecule has 3 aliphatic carbocycles. The first-order valence-electron chi connectivity index (χ1n) is 4.06. The van der Waals surface area contributed by atoms with Crippen molar-refractivity contribution in [3.63, 3.8) is 0 Å². The van der Waals surface area contributed by atoms with Crippen LogP contribution in [0.15, 0.2) is 0 Å². The first kappa shape index (κ1) is 4.73. The molecule has 3 saturated carbocycles. The molecule has 0 radical (unpaired) electrons. The molecule has 1 heteroatoms. The summed E-state index contributed by atoms with van der Waals surface area (Å²) >= 11 is 0. The summed E-state index contributed by atoms with van der Waals surface area (Å²) in [6.07, 6.45) is 4.21. The van der Waals surface area contributed by atoms with Crippen molar-refractivity contribution in [2.75, 3.05) is 0 Å². The molecule has 3 rings (SSSR count). The SMILES string of the molecule is O[C@@H]1[C@H]2CC[C@H]2[C@@H]2C[C@H]12. The molecule has 0 aromatic carbocycles. The molecule has 0 aliphatic heterocycles. The summed E-state index contributed by atoms with van der Waals surface area (Å²) in [6.45, 7) is 0. The van der Waals surface area contributed by atoms with Crippen molar-refractivity contribution in [2.24, 2.45) is 23.7 Å². The molecule has 0 bridgehead atoms. The highest BCUT2D eigenvalue weighted by Crippen LogP contribution is 2.65. The van der Waals surface area contributed by atoms with Crippen molar-refractivity contribution in [1.82, 2.24) is 0 Å². The minimum Gasteiger partial charge on any atom is -0.393 e. The first-order chi connectivity index (χ1) is 4.38. The van der Waals surface area contributed by atoms with Gasteiger partial charge in [0.1, 0.15) is 0 Å². The third-order valence-electron chi connectivity index (χ3n) is 3.70. The van der Waals surface area contributed by atoms with Crippen molar-refractivity contribution in [3.05, 3.63) is 0 Å². The van der Waals surface area contributed by atoms with Crippen LogP contribution in [-0.4, -0.2) is 11.2 Å². The van der Waals surface area contributed by atoms with Crippen molar-refractivity contribution in [3.8, 4) is 0 Å². The second-order valence-electron chi connectivity index (χ2n) is 3.96. The maximum absolute atomic E-state index is 9.53. The summed E-state index contributed by atoms with van der Waals surface area (Å²) in [7, 11) is 0. The van der Waals surface area contributed by atoms with Crippen molar-refractivity contribution >= 4 is 0 Å². The van der Waals surface area contributed by atoms with E-state index < -0.39 is 0 Å². The molecular formula is C8H12O. The molecular weight excluding hydrogens is 112 g/mol. The van der Waals surface area contributed by atoms with E-state index in [-0.39, 0.29) is 6.10 Å². The fourth-order valence-electron chi connectivity index (χ4n) is 2.95. The molecule has 5 atom stereocenters. The summed E-state index contributed by atoms with van der Waals surface area (Å²) in [5.74, 6) is 3.43. The molecule has 1 nitrogen and oxygen atoms in total. The highest BCUT2D eigenvalue weighted by atomic mass is 16.3. The Bertz CT molecular complexity index is 140. The Hall–Kier alpha value is -0.0400. The molecule has 0 heterocycles. The van der Waals surface area contributed by atoms with Gasteiger partial charge in [-0.3, -0.25) is 0 Å². The van der Waals surface area contributed by atoms with Crippen LogP contribution in [-0.2, 0) is 0 Å². The van der Waals surface area contributed by atoms with Gasteiger partial charge in [-0.15, -0.1) is 0 Å². The molecule has 3 aliphatic rings. The predicted molar refractivity (Wildman–Crippen MR) is 33.8 cm³/mol. The second-order valence-corrected chi connectivity index (χ2v) is 3.96. The van der Waals surface area contributed by atoms with Gasteiger partial charge in [-0.05, 0) is 42.9 Å². The van der Waals surface area contributed by atoms with E-state index in [4.69, 9.17) is 0 Å². The second kappa shape index (κ2) is 1.20. The highest BCUT2D eigenvalue weighted by Gasteiger charge is 2.62. The number of rotatable bonds is 0. The van der Waals surface area contributed by atoms with Crippen LogP contribution < -0.4 is 0 Å². The standard InChI is InChI=1S/C8H12O/c9-8-5-2-1-4(5)6-3-7(6)8/h4-9H,1-3H2/t4-,5+,6+,7+,8-/m1/s1. The lowest BCUT2D eigenvalue weighted by molar-refractivity contribution is 0.0378. The maximum atomic E-state index is 9.53. The summed E-state index contributed by atoms with van der Waals surface area (Å²) in [6, 6.07) is 0. The average molecular weight is 124 g/mol. The Morgan fingerprint density at radius 3 is 2.00 bits per heavy atom. The van der Waals surface area contributed by atoms with E-state index in [9.17, 15) is 5.11 Å². The smallest absolute Gasteiger partial charge is 0.0602 e. The van der Waals surface area contributed by atoms with Crippen LogP contribution >= 0.6 is 0 Å². The Balaban J connectivity index is 1.92. The van der Waals surface area contributed by atoms with E-state index in [0.29, 0.717) is 0 Å². The van der Waals surface area contributed by atoms with Crippen LogP contribution in [0.2, 0.25) is 0 Å². The minimum atomic E-state index is 0.119. The van der Waals surface area contributed by atoms with Gasteiger partial charge in [0.15, 0.2) is 0 Å². The topological polar surface area (TPSA) is 20.2 Å². The molecule has 1 N–H and O–H groups in total. The minimum absolute atomic E-state index is 0.119. The largest absolute Gasteiger partial charge is 0.393 e. The average Bonchev–Trinajstić information content (AvgIpc) is 2.38. The lowest BCUT2D eigenvalue weighted by atomic mass is 9.72. The van der Waals surface area contributed by atoms with Gasteiger partial charge >= 0.3 is 0 Å². The summed E-state index contributed by atoms with van der Waals surface area (Å²) < 4.78 is 0. The highest BCUT2D eigenvalue weighted by molar-refractivity contribution is 5.11. The number of hydrogen-bond donors (Lipinski definition) is 1. The zero-order chi connectivity index (χ0) is 6.01. The molecule has 3 fully saturated rings. The Labute approximate surface area is 55.1 Å². The molecule has 0 saturated heterocycles. The number of fused-ring (bicyclic) bond motifs is 3. The Morgan fingerprint density at radius 1 is 0.889 bits per heavy atom. The van der Waals surface area contributed by atoms with Gasteiger partial charge in [0.2, 0.25) is 0 Å². The van der Waals surface area contributed by atoms with Crippen molar-refractivity contribution in [1.29, 1.82) is 0 Å². The zero-order valence-corrected chi connectivity index (χ0v) is 5.46. The molecule has 50 valence electrons. The molecule has 0 amide bonds. The van der Waals surface area contributed by atoms with E-state index in [1.54, 1.807) is 0 Å². The van der Waals surface area contributed by atoms with Gasteiger partial charge in [-0.1, -0.05) is 0 Å². The van der Waals surface area contributed by atoms with Crippen molar-refractivity contribution < 1.29 is 5.11 Å². The van der Waals surface area contributed by atoms with E-state index >= 15 is 0 Å². The van der Waals surface area contributed by atoms with Crippen LogP contribution in [0.1, 0.15) is 19.3 Å². The number of aliphatic hydroxyl groups is 1. The van der Waals surface area contributed by atoms with Gasteiger partial charge in [0, 0.05) is 0 Å². The summed E-state index contributed by atoms with van der Waals surface area (Å²) in [5.41, 5.74) is 0. The Kier molecular flexibility index (Phi) is 0.628. The first-order valence-corrected chi connectivity index (χ1v) is 4.06. The monoisotopic (exact) mass is 124 g/mol. The summed E-state index contributed by atoms with van der Waals surface area (Å²) in [5, 5.41) is 9.53. The van der Waals surface area contributed by atoms with Gasteiger partial charge in [-0.2, -0.15) is 0 Å². The van der Waals surface area contributed by atoms with Crippen LogP contribution in [0.5, 0.6) is 0 Å². The Morgan fingerprint density at radius 2 is 1.67 bits per heavy atom. The normalized spacial score (nSPS) is 68.3. The van der Waals surface area contributed by atoms with E-state index in [1.807, 2.05) is 0 Å². The molecule has 0 aromatic heterocycles. The van der Waals surface area contributed by atoms with Crippen LogP contribution in [0.25, 0.3) is 0 Å². The van der Waals surface area contributed by atoms with Crippen molar-refractivity contribution in [2.45, 2.75) is 25.4 Å². The van der Waals surface area contributed by atoms with Gasteiger partial charge in [0.05, 0.1) is 6.10 Å². The van der Waals surface area contributed by atoms with Gasteiger partial charge < -0.3 is 5.11 Å². The fraction of sp³-hybridized carbons (Fsp3) is 1.00. The third-order valence-corrected chi connectivity index (χ3v) is 3.70. The maximum Gasteiger partial charge on any atom is 0.0602 e. The summed E-state index contributed by atoms with van der Waals surface area (Å²) in [4.78, 5) is 0. The zero-order valence-electron chi connectivity index (χ0n) is 5.46. The quantitative estimate of drug-likeness (QED) is 0.511. The van der Waals surface area contributed by atoms with Crippen LogP contribution in [0, 0.1) is 23.7 Å². The molecule has 0 aromatic rings. The van der Waals surface area contributed by atoms with E-state index in [2.05, 4.69) is 0 Å². The molecule has 0 unspecified atom stereocenters. The lowest BCUT2D eigenvalue weighted by Crippen LogP contribution is -2.31. The molecule has 9 heavy (non-hydrogen) atoms. The molecule has 0 spiro atoms. The fourth-order valence-corrected chi connectivity index (χ4v) is 2.95. The number of aliphatic hydroxyl groups excluding tert-OH is 1. The van der Waals surface area contributed by atoms with Gasteiger partial charge in [-0.25, -0.2) is 0 Å².